The van der Waals surface area contributed by atoms with E-state index in [0.29, 0.717) is 5.56 Å². The van der Waals surface area contributed by atoms with Crippen molar-refractivity contribution in [2.24, 2.45) is 0 Å². The number of hydrogen-bond acceptors (Lipinski definition) is 2. The lowest BCUT2D eigenvalue weighted by atomic mass is 9.95. The molecule has 0 aliphatic heterocycles. The van der Waals surface area contributed by atoms with Gasteiger partial charge in [0.05, 0.1) is 16.6 Å². The van der Waals surface area contributed by atoms with Crippen LogP contribution in [0.25, 0.3) is 11.0 Å². The third kappa shape index (κ3) is 2.35. The van der Waals surface area contributed by atoms with E-state index in [1.165, 1.54) is 0 Å². The Kier molecular flexibility index (Phi) is 3.35. The van der Waals surface area contributed by atoms with Crippen LogP contribution in [0.5, 0.6) is 0 Å². The zero-order valence-corrected chi connectivity index (χ0v) is 11.9. The average molecular weight is 260 g/mol. The van der Waals surface area contributed by atoms with Gasteiger partial charge in [0.1, 0.15) is 5.82 Å². The second-order valence-electron chi connectivity index (χ2n) is 5.82. The van der Waals surface area contributed by atoms with E-state index in [4.69, 9.17) is 0 Å². The van der Waals surface area contributed by atoms with E-state index in [1.807, 2.05) is 6.07 Å². The summed E-state index contributed by atoms with van der Waals surface area (Å²) in [6.07, 6.45) is 0.947. The topological polar surface area (TPSA) is 55.1 Å². The zero-order chi connectivity index (χ0) is 14.2. The quantitative estimate of drug-likeness (QED) is 0.919. The molecule has 19 heavy (non-hydrogen) atoms. The van der Waals surface area contributed by atoms with E-state index in [9.17, 15) is 9.90 Å². The predicted octanol–water partition coefficient (Wildman–Crippen LogP) is 3.44. The molecule has 0 bridgehead atoms. The molecule has 0 atom stereocenters. The minimum atomic E-state index is -0.900. The molecule has 0 amide bonds. The number of para-hydroxylation sites is 1. The number of aryl methyl sites for hydroxylation is 1. The van der Waals surface area contributed by atoms with Gasteiger partial charge in [-0.2, -0.15) is 0 Å². The van der Waals surface area contributed by atoms with Crippen LogP contribution >= 0.6 is 0 Å². The van der Waals surface area contributed by atoms with Crippen molar-refractivity contribution in [2.75, 3.05) is 0 Å². The third-order valence-electron chi connectivity index (χ3n) is 3.12. The van der Waals surface area contributed by atoms with Crippen molar-refractivity contribution in [3.63, 3.8) is 0 Å². The van der Waals surface area contributed by atoms with Gasteiger partial charge in [-0.3, -0.25) is 0 Å². The summed E-state index contributed by atoms with van der Waals surface area (Å²) >= 11 is 0. The van der Waals surface area contributed by atoms with Crippen LogP contribution in [0.15, 0.2) is 18.2 Å². The molecule has 0 fully saturated rings. The van der Waals surface area contributed by atoms with Gasteiger partial charge in [-0.15, -0.1) is 0 Å². The minimum Gasteiger partial charge on any atom is -0.478 e. The van der Waals surface area contributed by atoms with Gasteiger partial charge in [0, 0.05) is 12.0 Å². The second-order valence-corrected chi connectivity index (χ2v) is 5.82. The molecule has 1 heterocycles. The molecule has 1 aromatic carbocycles. The van der Waals surface area contributed by atoms with Gasteiger partial charge < -0.3 is 9.67 Å². The largest absolute Gasteiger partial charge is 0.478 e. The fourth-order valence-corrected chi connectivity index (χ4v) is 2.37. The fraction of sp³-hybridized carbons (Fsp3) is 0.467. The number of imidazole rings is 1. The summed E-state index contributed by atoms with van der Waals surface area (Å²) in [5, 5.41) is 9.35. The van der Waals surface area contributed by atoms with E-state index in [2.05, 4.69) is 37.2 Å². The molecular weight excluding hydrogens is 240 g/mol. The Balaban J connectivity index is 2.83. The number of nitrogens with zero attached hydrogens (tertiary/aromatic N) is 2. The highest BCUT2D eigenvalue weighted by Gasteiger charge is 2.24. The van der Waals surface area contributed by atoms with E-state index in [1.54, 1.807) is 12.1 Å². The molecular formula is C15H20N2O2. The van der Waals surface area contributed by atoms with Gasteiger partial charge in [0.25, 0.3) is 0 Å². The van der Waals surface area contributed by atoms with Crippen molar-refractivity contribution in [3.8, 4) is 0 Å². The molecule has 0 unspecified atom stereocenters. The summed E-state index contributed by atoms with van der Waals surface area (Å²) < 4.78 is 2.05. The Morgan fingerprint density at radius 3 is 2.58 bits per heavy atom. The number of aromatic carboxylic acids is 1. The van der Waals surface area contributed by atoms with E-state index in [0.717, 1.165) is 29.8 Å². The van der Waals surface area contributed by atoms with Gasteiger partial charge in [0.15, 0.2) is 0 Å². The molecule has 2 aromatic rings. The molecule has 0 spiro atoms. The predicted molar refractivity (Wildman–Crippen MR) is 75.7 cm³/mol. The zero-order valence-electron chi connectivity index (χ0n) is 11.9. The summed E-state index contributed by atoms with van der Waals surface area (Å²) in [4.78, 5) is 16.0. The number of carboxylic acid groups (broad SMARTS) is 1. The van der Waals surface area contributed by atoms with Gasteiger partial charge in [-0.25, -0.2) is 9.78 Å². The summed E-state index contributed by atoms with van der Waals surface area (Å²) in [5.74, 6) is 0.0429. The molecule has 0 aliphatic rings. The lowest BCUT2D eigenvalue weighted by molar-refractivity contribution is 0.0698. The first-order valence-corrected chi connectivity index (χ1v) is 6.59. The first-order chi connectivity index (χ1) is 8.86. The third-order valence-corrected chi connectivity index (χ3v) is 3.12. The van der Waals surface area contributed by atoms with Gasteiger partial charge in [0.2, 0.25) is 0 Å². The Morgan fingerprint density at radius 2 is 2.05 bits per heavy atom. The summed E-state index contributed by atoms with van der Waals surface area (Å²) in [6.45, 7) is 9.16. The van der Waals surface area contributed by atoms with E-state index in [-0.39, 0.29) is 5.41 Å². The van der Waals surface area contributed by atoms with Gasteiger partial charge >= 0.3 is 5.97 Å². The number of rotatable bonds is 3. The highest BCUT2D eigenvalue weighted by Crippen LogP contribution is 2.28. The number of aromatic nitrogens is 2. The van der Waals surface area contributed by atoms with Crippen molar-refractivity contribution in [2.45, 2.75) is 46.1 Å². The number of hydrogen-bond donors (Lipinski definition) is 1. The Bertz CT molecular complexity index is 621. The van der Waals surface area contributed by atoms with Crippen LogP contribution in [0.4, 0.5) is 0 Å². The van der Waals surface area contributed by atoms with E-state index >= 15 is 0 Å². The van der Waals surface area contributed by atoms with Gasteiger partial charge in [-0.1, -0.05) is 33.8 Å². The maximum absolute atomic E-state index is 11.4. The number of carboxylic acids is 1. The van der Waals surface area contributed by atoms with Crippen LogP contribution in [0.1, 0.15) is 50.3 Å². The van der Waals surface area contributed by atoms with Crippen molar-refractivity contribution in [1.82, 2.24) is 9.55 Å². The molecule has 0 saturated carbocycles. The SMILES string of the molecule is CCCn1c(C(C)(C)C)nc2cccc(C(=O)O)c21. The summed E-state index contributed by atoms with van der Waals surface area (Å²) in [5.41, 5.74) is 1.72. The van der Waals surface area contributed by atoms with Crippen LogP contribution in [0.2, 0.25) is 0 Å². The van der Waals surface area contributed by atoms with Crippen molar-refractivity contribution in [1.29, 1.82) is 0 Å². The molecule has 0 aliphatic carbocycles. The molecule has 2 rings (SSSR count). The highest BCUT2D eigenvalue weighted by molar-refractivity contribution is 6.01. The fourth-order valence-electron chi connectivity index (χ4n) is 2.37. The smallest absolute Gasteiger partial charge is 0.337 e. The second kappa shape index (κ2) is 4.68. The summed E-state index contributed by atoms with van der Waals surface area (Å²) in [6, 6.07) is 5.27. The van der Waals surface area contributed by atoms with E-state index < -0.39 is 5.97 Å². The van der Waals surface area contributed by atoms with Gasteiger partial charge in [-0.05, 0) is 18.6 Å². The van der Waals surface area contributed by atoms with Crippen molar-refractivity contribution >= 4 is 17.0 Å². The summed E-state index contributed by atoms with van der Waals surface area (Å²) in [7, 11) is 0. The molecule has 102 valence electrons. The molecule has 1 aromatic heterocycles. The lowest BCUT2D eigenvalue weighted by Gasteiger charge is -2.20. The normalized spacial score (nSPS) is 12.0. The van der Waals surface area contributed by atoms with Crippen molar-refractivity contribution < 1.29 is 9.90 Å². The van der Waals surface area contributed by atoms with Crippen LogP contribution in [0, 0.1) is 0 Å². The van der Waals surface area contributed by atoms with Crippen LogP contribution in [-0.4, -0.2) is 20.6 Å². The Hall–Kier alpha value is -1.84. The monoisotopic (exact) mass is 260 g/mol. The van der Waals surface area contributed by atoms with Crippen LogP contribution in [0.3, 0.4) is 0 Å². The maximum Gasteiger partial charge on any atom is 0.337 e. The number of benzene rings is 1. The Labute approximate surface area is 113 Å². The molecule has 4 nitrogen and oxygen atoms in total. The van der Waals surface area contributed by atoms with Crippen molar-refractivity contribution in [3.05, 3.63) is 29.6 Å². The first kappa shape index (κ1) is 13.6. The average Bonchev–Trinajstić information content (AvgIpc) is 2.68. The molecule has 4 heteroatoms. The molecule has 1 N–H and O–H groups in total. The Morgan fingerprint density at radius 1 is 1.37 bits per heavy atom. The standard InChI is InChI=1S/C15H20N2O2/c1-5-9-17-12-10(13(18)19)7-6-8-11(12)16-14(17)15(2,3)4/h6-8H,5,9H2,1-4H3,(H,18,19). The minimum absolute atomic E-state index is 0.107. The lowest BCUT2D eigenvalue weighted by Crippen LogP contribution is -2.19. The molecule has 0 saturated heterocycles. The molecule has 0 radical (unpaired) electrons. The first-order valence-electron chi connectivity index (χ1n) is 6.59. The van der Waals surface area contributed by atoms with Crippen LogP contribution in [-0.2, 0) is 12.0 Å². The number of carbonyl (C=O) groups is 1. The highest BCUT2D eigenvalue weighted by atomic mass is 16.4. The van der Waals surface area contributed by atoms with Crippen LogP contribution < -0.4 is 0 Å². The maximum atomic E-state index is 11.4. The number of fused-ring (bicyclic) bond motifs is 1.